The van der Waals surface area contributed by atoms with Crippen molar-refractivity contribution in [2.45, 2.75) is 29.1 Å². The molecule has 13 heteroatoms. The van der Waals surface area contributed by atoms with Crippen LogP contribution in [0.3, 0.4) is 0 Å². The summed E-state index contributed by atoms with van der Waals surface area (Å²) in [5.41, 5.74) is 0.217. The lowest BCUT2D eigenvalue weighted by Gasteiger charge is -2.49. The van der Waals surface area contributed by atoms with Crippen molar-refractivity contribution in [2.24, 2.45) is 0 Å². The number of alkyl halides is 3. The van der Waals surface area contributed by atoms with Gasteiger partial charge >= 0.3 is 11.9 Å². The number of hydrogen-bond donors (Lipinski definition) is 1. The zero-order chi connectivity index (χ0) is 25.0. The van der Waals surface area contributed by atoms with E-state index in [9.17, 15) is 19.2 Å². The maximum absolute atomic E-state index is 12.9. The normalized spacial score (nSPS) is 20.9. The summed E-state index contributed by atoms with van der Waals surface area (Å²) in [6.45, 7) is 1.91. The number of nitrogens with zero attached hydrogens (tertiary/aromatic N) is 1. The van der Waals surface area contributed by atoms with E-state index in [2.05, 4.69) is 5.32 Å². The molecular weight excluding hydrogens is 531 g/mol. The fourth-order valence-electron chi connectivity index (χ4n) is 3.07. The molecule has 0 bridgehead atoms. The predicted octanol–water partition coefficient (Wildman–Crippen LogP) is 3.06. The van der Waals surface area contributed by atoms with Gasteiger partial charge in [0.15, 0.2) is 6.61 Å². The molecule has 2 atom stereocenters. The zero-order valence-electron chi connectivity index (χ0n) is 17.9. The van der Waals surface area contributed by atoms with Gasteiger partial charge in [0.05, 0.1) is 0 Å². The molecule has 1 aromatic carbocycles. The molecule has 2 heterocycles. The highest BCUT2D eigenvalue weighted by Crippen LogP contribution is 2.46. The second kappa shape index (κ2) is 10.9. The van der Waals surface area contributed by atoms with Crippen LogP contribution in [0.1, 0.15) is 13.8 Å². The van der Waals surface area contributed by atoms with Crippen LogP contribution in [-0.2, 0) is 28.7 Å². The van der Waals surface area contributed by atoms with Gasteiger partial charge in [0.2, 0.25) is 3.79 Å². The molecule has 0 saturated carbocycles. The number of ether oxygens (including phenoxy) is 3. The van der Waals surface area contributed by atoms with Gasteiger partial charge in [0, 0.05) is 11.8 Å². The Morgan fingerprint density at radius 2 is 1.88 bits per heavy atom. The van der Waals surface area contributed by atoms with Gasteiger partial charge in [-0.3, -0.25) is 19.3 Å². The van der Waals surface area contributed by atoms with Crippen molar-refractivity contribution >= 4 is 70.3 Å². The van der Waals surface area contributed by atoms with Crippen molar-refractivity contribution in [3.05, 3.63) is 52.8 Å². The van der Waals surface area contributed by atoms with Gasteiger partial charge in [-0.25, -0.2) is 4.79 Å². The van der Waals surface area contributed by atoms with Crippen LogP contribution in [-0.4, -0.2) is 57.1 Å². The standard InChI is InChI=1S/C21H19Cl3N2O7S/c1-11-14(8-31-12(2)27)34-19-16(25-15(28)9-32-13-6-4-3-5-7-13)18(29)26(19)17(11)20(30)33-10-21(22,23)24/h3-8,16,19H,9-10H2,1-2H3,(H,25,28)/t16?,19-/m0/s1. The Kier molecular flexibility index (Phi) is 8.40. The molecular formula is C21H19Cl3N2O7S. The smallest absolute Gasteiger partial charge is 0.355 e. The first-order valence-corrected chi connectivity index (χ1v) is 11.8. The second-order valence-corrected chi connectivity index (χ2v) is 10.8. The Morgan fingerprint density at radius 1 is 1.21 bits per heavy atom. The minimum Gasteiger partial charge on any atom is -0.484 e. The Morgan fingerprint density at radius 3 is 2.50 bits per heavy atom. The molecule has 182 valence electrons. The predicted molar refractivity (Wildman–Crippen MR) is 126 cm³/mol. The van der Waals surface area contributed by atoms with Crippen molar-refractivity contribution in [1.82, 2.24) is 10.2 Å². The summed E-state index contributed by atoms with van der Waals surface area (Å²) in [7, 11) is 0. The van der Waals surface area contributed by atoms with E-state index < -0.39 is 45.6 Å². The number of para-hydroxylation sites is 1. The van der Waals surface area contributed by atoms with Crippen LogP contribution in [0.2, 0.25) is 0 Å². The van der Waals surface area contributed by atoms with Crippen molar-refractivity contribution in [3.63, 3.8) is 0 Å². The van der Waals surface area contributed by atoms with Crippen LogP contribution < -0.4 is 10.1 Å². The van der Waals surface area contributed by atoms with E-state index in [-0.39, 0.29) is 12.3 Å². The Bertz CT molecular complexity index is 1060. The average molecular weight is 550 g/mol. The highest BCUT2D eigenvalue weighted by atomic mass is 35.6. The van der Waals surface area contributed by atoms with Crippen molar-refractivity contribution in [1.29, 1.82) is 0 Å². The lowest BCUT2D eigenvalue weighted by atomic mass is 10.0. The highest BCUT2D eigenvalue weighted by Gasteiger charge is 2.55. The average Bonchev–Trinajstić information content (AvgIpc) is 2.78. The van der Waals surface area contributed by atoms with Gasteiger partial charge in [-0.05, 0) is 24.6 Å². The molecule has 1 fully saturated rings. The fourth-order valence-corrected chi connectivity index (χ4v) is 4.51. The second-order valence-electron chi connectivity index (χ2n) is 7.12. The van der Waals surface area contributed by atoms with Crippen LogP contribution in [0.5, 0.6) is 5.75 Å². The first kappa shape index (κ1) is 26.2. The first-order chi connectivity index (χ1) is 16.0. The molecule has 3 rings (SSSR count). The van der Waals surface area contributed by atoms with Gasteiger partial charge in [-0.1, -0.05) is 64.8 Å². The van der Waals surface area contributed by atoms with Crippen LogP contribution in [0.15, 0.2) is 52.8 Å². The lowest BCUT2D eigenvalue weighted by Crippen LogP contribution is -2.70. The number of β-lactam (4-membered cyclic amide) rings is 1. The molecule has 1 N–H and O–H groups in total. The van der Waals surface area contributed by atoms with E-state index in [1.54, 1.807) is 37.3 Å². The summed E-state index contributed by atoms with van der Waals surface area (Å²) in [5.74, 6) is -2.04. The summed E-state index contributed by atoms with van der Waals surface area (Å²) < 4.78 is 13.6. The third kappa shape index (κ3) is 6.38. The van der Waals surface area contributed by atoms with Crippen LogP contribution in [0, 0.1) is 0 Å². The zero-order valence-corrected chi connectivity index (χ0v) is 21.0. The molecule has 1 aromatic rings. The molecule has 2 aliphatic rings. The minimum atomic E-state index is -1.85. The molecule has 1 saturated heterocycles. The van der Waals surface area contributed by atoms with E-state index >= 15 is 0 Å². The highest BCUT2D eigenvalue weighted by molar-refractivity contribution is 8.04. The number of hydrogen-bond acceptors (Lipinski definition) is 8. The third-order valence-electron chi connectivity index (χ3n) is 4.58. The number of allylic oxidation sites excluding steroid dienone is 1. The minimum absolute atomic E-state index is 0.104. The molecule has 2 amide bonds. The first-order valence-electron chi connectivity index (χ1n) is 9.77. The van der Waals surface area contributed by atoms with E-state index in [0.717, 1.165) is 11.8 Å². The van der Waals surface area contributed by atoms with Crippen molar-refractivity contribution in [3.8, 4) is 5.75 Å². The topological polar surface area (TPSA) is 111 Å². The number of rotatable bonds is 7. The van der Waals surface area contributed by atoms with E-state index in [1.807, 2.05) is 0 Å². The number of thioether (sulfide) groups is 1. The number of amides is 2. The van der Waals surface area contributed by atoms with Crippen molar-refractivity contribution in [2.75, 3.05) is 13.2 Å². The van der Waals surface area contributed by atoms with Gasteiger partial charge in [0.25, 0.3) is 11.8 Å². The van der Waals surface area contributed by atoms with Crippen LogP contribution in [0.4, 0.5) is 0 Å². The molecule has 1 unspecified atom stereocenters. The van der Waals surface area contributed by atoms with Gasteiger partial charge in [0.1, 0.15) is 35.7 Å². The maximum atomic E-state index is 12.9. The SMILES string of the molecule is CC(=O)OC=C1S[C@H]2C(NC(=O)COc3ccccc3)C(=O)N2C(C(=O)OCC(Cl)(Cl)Cl)=C1C. The number of esters is 2. The Balaban J connectivity index is 1.76. The summed E-state index contributed by atoms with van der Waals surface area (Å²) in [6, 6.07) is 7.75. The van der Waals surface area contributed by atoms with E-state index in [4.69, 9.17) is 49.0 Å². The molecule has 0 aromatic heterocycles. The summed E-state index contributed by atoms with van der Waals surface area (Å²) in [6.07, 6.45) is 1.17. The molecule has 9 nitrogen and oxygen atoms in total. The van der Waals surface area contributed by atoms with E-state index in [0.29, 0.717) is 16.2 Å². The number of nitrogens with one attached hydrogen (secondary N) is 1. The number of carbonyl (C=O) groups is 4. The largest absolute Gasteiger partial charge is 0.484 e. The molecule has 2 aliphatic heterocycles. The lowest BCUT2D eigenvalue weighted by molar-refractivity contribution is -0.153. The van der Waals surface area contributed by atoms with Gasteiger partial charge < -0.3 is 19.5 Å². The molecule has 0 spiro atoms. The Hall–Kier alpha value is -2.40. The number of carbonyl (C=O) groups excluding carboxylic acids is 4. The quantitative estimate of drug-likeness (QED) is 0.239. The summed E-state index contributed by atoms with van der Waals surface area (Å²) in [4.78, 5) is 50.9. The maximum Gasteiger partial charge on any atom is 0.355 e. The molecule has 0 radical (unpaired) electrons. The van der Waals surface area contributed by atoms with Crippen LogP contribution in [0.25, 0.3) is 0 Å². The van der Waals surface area contributed by atoms with Crippen LogP contribution >= 0.6 is 46.6 Å². The monoisotopic (exact) mass is 548 g/mol. The van der Waals surface area contributed by atoms with E-state index in [1.165, 1.54) is 18.1 Å². The summed E-state index contributed by atoms with van der Waals surface area (Å²) in [5, 5.41) is 1.90. The number of halogens is 3. The van der Waals surface area contributed by atoms with Gasteiger partial charge in [-0.2, -0.15) is 0 Å². The number of fused-ring (bicyclic) bond motifs is 1. The Labute approximate surface area is 214 Å². The van der Waals surface area contributed by atoms with Crippen molar-refractivity contribution < 1.29 is 33.4 Å². The van der Waals surface area contributed by atoms with Gasteiger partial charge in [-0.15, -0.1) is 0 Å². The third-order valence-corrected chi connectivity index (χ3v) is 6.29. The summed E-state index contributed by atoms with van der Waals surface area (Å²) >= 11 is 18.1. The molecule has 0 aliphatic carbocycles. The molecule has 34 heavy (non-hydrogen) atoms. The fraction of sp³-hybridized carbons (Fsp3) is 0.333. The number of benzene rings is 1.